The first kappa shape index (κ1) is 12.0. The van der Waals surface area contributed by atoms with Crippen molar-refractivity contribution in [3.8, 4) is 0 Å². The van der Waals surface area contributed by atoms with Gasteiger partial charge >= 0.3 is 0 Å². The van der Waals surface area contributed by atoms with Gasteiger partial charge in [0.15, 0.2) is 0 Å². The second-order valence-electron chi connectivity index (χ2n) is 4.08. The van der Waals surface area contributed by atoms with E-state index in [0.717, 1.165) is 25.6 Å². The molecule has 0 saturated carbocycles. The van der Waals surface area contributed by atoms with Crippen LogP contribution in [-0.2, 0) is 4.74 Å². The van der Waals surface area contributed by atoms with Crippen molar-refractivity contribution in [3.05, 3.63) is 29.8 Å². The van der Waals surface area contributed by atoms with Crippen molar-refractivity contribution in [3.63, 3.8) is 0 Å². The first-order valence-electron chi connectivity index (χ1n) is 5.83. The van der Waals surface area contributed by atoms with E-state index in [0.29, 0.717) is 0 Å². The summed E-state index contributed by atoms with van der Waals surface area (Å²) >= 11 is 1.99. The van der Waals surface area contributed by atoms with Gasteiger partial charge in [0.2, 0.25) is 0 Å². The summed E-state index contributed by atoms with van der Waals surface area (Å²) in [7, 11) is 1.74. The smallest absolute Gasteiger partial charge is 0.0587 e. The molecule has 0 radical (unpaired) electrons. The third kappa shape index (κ3) is 3.00. The van der Waals surface area contributed by atoms with E-state index in [4.69, 9.17) is 4.74 Å². The Morgan fingerprint density at radius 3 is 3.12 bits per heavy atom. The van der Waals surface area contributed by atoms with Gasteiger partial charge in [-0.3, -0.25) is 0 Å². The van der Waals surface area contributed by atoms with Gasteiger partial charge in [0.1, 0.15) is 0 Å². The Balaban J connectivity index is 1.76. The molecule has 16 heavy (non-hydrogen) atoms. The molecule has 2 rings (SSSR count). The van der Waals surface area contributed by atoms with E-state index < -0.39 is 0 Å². The fourth-order valence-electron chi connectivity index (χ4n) is 2.04. The maximum atomic E-state index is 5.00. The summed E-state index contributed by atoms with van der Waals surface area (Å²) in [6, 6.07) is 8.79. The first-order valence-corrected chi connectivity index (χ1v) is 6.81. The van der Waals surface area contributed by atoms with Crippen LogP contribution in [0.25, 0.3) is 0 Å². The van der Waals surface area contributed by atoms with E-state index in [9.17, 15) is 0 Å². The Hall–Kier alpha value is -0.510. The molecule has 1 aromatic carbocycles. The Morgan fingerprint density at radius 1 is 1.38 bits per heavy atom. The van der Waals surface area contributed by atoms with Crippen LogP contribution in [0.4, 0.5) is 0 Å². The topological polar surface area (TPSA) is 21.3 Å². The van der Waals surface area contributed by atoms with Crippen molar-refractivity contribution in [1.82, 2.24) is 5.32 Å². The van der Waals surface area contributed by atoms with Crippen molar-refractivity contribution in [2.24, 2.45) is 0 Å². The molecule has 0 aliphatic carbocycles. The fraction of sp³-hybridized carbons (Fsp3) is 0.538. The zero-order valence-electron chi connectivity index (χ0n) is 9.74. The highest BCUT2D eigenvalue weighted by Gasteiger charge is 2.21. The summed E-state index contributed by atoms with van der Waals surface area (Å²) in [6.45, 7) is 2.84. The van der Waals surface area contributed by atoms with Crippen LogP contribution in [-0.4, -0.2) is 32.6 Å². The molecular weight excluding hydrogens is 218 g/mol. The molecule has 0 amide bonds. The number of rotatable bonds is 6. The van der Waals surface area contributed by atoms with E-state index in [1.807, 2.05) is 11.8 Å². The van der Waals surface area contributed by atoms with Gasteiger partial charge in [0.05, 0.1) is 6.61 Å². The highest BCUT2D eigenvalue weighted by atomic mass is 32.2. The van der Waals surface area contributed by atoms with Crippen LogP contribution in [0.5, 0.6) is 0 Å². The zero-order chi connectivity index (χ0) is 11.2. The maximum absolute atomic E-state index is 5.00. The summed E-state index contributed by atoms with van der Waals surface area (Å²) in [6.07, 6.45) is 1.23. The standard InChI is InChI=1S/C13H19NOS/c1-15-9-8-14-7-6-11-10-16-13-5-3-2-4-12(11)13/h2-5,11,14H,6-10H2,1H3. The predicted molar refractivity (Wildman–Crippen MR) is 69.3 cm³/mol. The number of nitrogens with one attached hydrogen (secondary N) is 1. The Morgan fingerprint density at radius 2 is 2.25 bits per heavy atom. The van der Waals surface area contributed by atoms with Crippen molar-refractivity contribution in [2.75, 3.05) is 32.6 Å². The minimum absolute atomic E-state index is 0.733. The van der Waals surface area contributed by atoms with Gasteiger partial charge in [0, 0.05) is 24.3 Å². The third-order valence-electron chi connectivity index (χ3n) is 2.95. The first-order chi connectivity index (χ1) is 7.92. The average molecular weight is 237 g/mol. The number of ether oxygens (including phenoxy) is 1. The Labute approximate surface area is 102 Å². The second kappa shape index (κ2) is 6.28. The maximum Gasteiger partial charge on any atom is 0.0587 e. The molecule has 0 saturated heterocycles. The Bertz CT molecular complexity index is 329. The summed E-state index contributed by atoms with van der Waals surface area (Å²) in [5.41, 5.74) is 1.54. The number of hydrogen-bond donors (Lipinski definition) is 1. The van der Waals surface area contributed by atoms with Gasteiger partial charge in [-0.25, -0.2) is 0 Å². The van der Waals surface area contributed by atoms with Crippen molar-refractivity contribution in [1.29, 1.82) is 0 Å². The molecule has 3 heteroatoms. The SMILES string of the molecule is COCCNCCC1CSc2ccccc21. The molecule has 0 fully saturated rings. The summed E-state index contributed by atoms with van der Waals surface area (Å²) in [5, 5.41) is 3.41. The molecule has 88 valence electrons. The lowest BCUT2D eigenvalue weighted by Crippen LogP contribution is -2.21. The molecule has 0 bridgehead atoms. The zero-order valence-corrected chi connectivity index (χ0v) is 10.6. The quantitative estimate of drug-likeness (QED) is 0.768. The van der Waals surface area contributed by atoms with Crippen LogP contribution < -0.4 is 5.32 Å². The molecule has 0 aromatic heterocycles. The van der Waals surface area contributed by atoms with Gasteiger partial charge in [-0.2, -0.15) is 0 Å². The van der Waals surface area contributed by atoms with Crippen LogP contribution >= 0.6 is 11.8 Å². The predicted octanol–water partition coefficient (Wildman–Crippen LogP) is 2.50. The number of benzene rings is 1. The van der Waals surface area contributed by atoms with E-state index in [1.165, 1.54) is 17.1 Å². The van der Waals surface area contributed by atoms with E-state index in [-0.39, 0.29) is 0 Å². The molecule has 1 aliphatic rings. The minimum Gasteiger partial charge on any atom is -0.383 e. The van der Waals surface area contributed by atoms with Crippen LogP contribution in [0.2, 0.25) is 0 Å². The summed E-state index contributed by atoms with van der Waals surface area (Å²) in [4.78, 5) is 1.48. The second-order valence-corrected chi connectivity index (χ2v) is 5.14. The van der Waals surface area contributed by atoms with E-state index >= 15 is 0 Å². The van der Waals surface area contributed by atoms with Crippen LogP contribution in [0.3, 0.4) is 0 Å². The van der Waals surface area contributed by atoms with Crippen LogP contribution in [0.15, 0.2) is 29.2 Å². The summed E-state index contributed by atoms with van der Waals surface area (Å²) < 4.78 is 5.00. The number of thioether (sulfide) groups is 1. The molecule has 1 aliphatic heterocycles. The third-order valence-corrected chi connectivity index (χ3v) is 4.20. The van der Waals surface area contributed by atoms with E-state index in [2.05, 4.69) is 29.6 Å². The fourth-order valence-corrected chi connectivity index (χ4v) is 3.35. The molecule has 0 spiro atoms. The molecule has 1 atom stereocenters. The van der Waals surface area contributed by atoms with Crippen molar-refractivity contribution < 1.29 is 4.74 Å². The lowest BCUT2D eigenvalue weighted by atomic mass is 9.98. The van der Waals surface area contributed by atoms with Gasteiger partial charge in [0.25, 0.3) is 0 Å². The lowest BCUT2D eigenvalue weighted by Gasteiger charge is -2.11. The largest absolute Gasteiger partial charge is 0.383 e. The van der Waals surface area contributed by atoms with Crippen molar-refractivity contribution in [2.45, 2.75) is 17.2 Å². The molecule has 1 heterocycles. The molecule has 1 unspecified atom stereocenters. The van der Waals surface area contributed by atoms with Gasteiger partial charge in [-0.15, -0.1) is 11.8 Å². The van der Waals surface area contributed by atoms with Gasteiger partial charge < -0.3 is 10.1 Å². The van der Waals surface area contributed by atoms with Gasteiger partial charge in [-0.05, 0) is 30.5 Å². The minimum atomic E-state index is 0.733. The van der Waals surface area contributed by atoms with Crippen molar-refractivity contribution >= 4 is 11.8 Å². The molecule has 1 N–H and O–H groups in total. The van der Waals surface area contributed by atoms with Crippen LogP contribution in [0.1, 0.15) is 17.9 Å². The normalized spacial score (nSPS) is 18.7. The highest BCUT2D eigenvalue weighted by Crippen LogP contribution is 2.40. The highest BCUT2D eigenvalue weighted by molar-refractivity contribution is 7.99. The molecule has 1 aromatic rings. The van der Waals surface area contributed by atoms with Crippen LogP contribution in [0, 0.1) is 0 Å². The average Bonchev–Trinajstić information content (AvgIpc) is 2.73. The Kier molecular flexibility index (Phi) is 4.69. The summed E-state index contributed by atoms with van der Waals surface area (Å²) in [5.74, 6) is 1.97. The number of hydrogen-bond acceptors (Lipinski definition) is 3. The molecular formula is C13H19NOS. The van der Waals surface area contributed by atoms with Gasteiger partial charge in [-0.1, -0.05) is 18.2 Å². The lowest BCUT2D eigenvalue weighted by molar-refractivity contribution is 0.199. The monoisotopic (exact) mass is 237 g/mol. The molecule has 2 nitrogen and oxygen atoms in total. The number of fused-ring (bicyclic) bond motifs is 1. The van der Waals surface area contributed by atoms with E-state index in [1.54, 1.807) is 12.7 Å². The number of methoxy groups -OCH3 is 1.